The molecule has 0 spiro atoms. The van der Waals surface area contributed by atoms with Crippen LogP contribution < -0.4 is 10.6 Å². The van der Waals surface area contributed by atoms with Gasteiger partial charge in [0, 0.05) is 32.5 Å². The van der Waals surface area contributed by atoms with Crippen LogP contribution in [0.2, 0.25) is 0 Å². The molecule has 0 bridgehead atoms. The van der Waals surface area contributed by atoms with Gasteiger partial charge in [-0.25, -0.2) is 0 Å². The van der Waals surface area contributed by atoms with E-state index in [4.69, 9.17) is 14.9 Å². The second-order valence-corrected chi connectivity index (χ2v) is 11.0. The second-order valence-electron chi connectivity index (χ2n) is 11.0. The van der Waals surface area contributed by atoms with Gasteiger partial charge in [-0.3, -0.25) is 4.79 Å². The molecule has 0 radical (unpaired) electrons. The zero-order valence-corrected chi connectivity index (χ0v) is 27.6. The molecule has 6 heteroatoms. The van der Waals surface area contributed by atoms with E-state index >= 15 is 0 Å². The van der Waals surface area contributed by atoms with Crippen LogP contribution in [0.4, 0.5) is 0 Å². The van der Waals surface area contributed by atoms with Gasteiger partial charge in [0.2, 0.25) is 6.41 Å². The number of ether oxygens (including phenoxy) is 2. The Hall–Kier alpha value is -2.54. The summed E-state index contributed by atoms with van der Waals surface area (Å²) in [5.41, 5.74) is 5.65. The Kier molecular flexibility index (Phi) is 20.7. The first-order valence-corrected chi connectivity index (χ1v) is 15.4. The van der Waals surface area contributed by atoms with E-state index in [-0.39, 0.29) is 17.6 Å². The summed E-state index contributed by atoms with van der Waals surface area (Å²) >= 11 is 0. The molecular weight excluding hydrogens is 510 g/mol. The normalized spacial score (nSPS) is 17.1. The summed E-state index contributed by atoms with van der Waals surface area (Å²) in [4.78, 5) is 11.0. The Bertz CT molecular complexity index is 958. The maximum absolute atomic E-state index is 11.0. The molecule has 1 heterocycles. The van der Waals surface area contributed by atoms with Crippen molar-refractivity contribution in [2.75, 3.05) is 26.8 Å². The standard InChI is InChI=1S/C22H28N2O.C7H15NO2.C4H10.C2H6/c1-5-22(3,4)21(24-15-25)13-17-6-8-18(9-7-17)19-10-11-20(14-23)16(2)12-19;1-6-3-8-4-7(9-2)5-10-6;1-3-4-2;1-2/h6-12,14-15,21,23H,5,13H2,1-4H3,(H,24,25);6-8H,3-5H2,1-2H3;3-4H2,1-2H3;1-2H3. The quantitative estimate of drug-likeness (QED) is 0.203. The van der Waals surface area contributed by atoms with Crippen LogP contribution in [0.15, 0.2) is 42.5 Å². The maximum atomic E-state index is 11.0. The lowest BCUT2D eigenvalue weighted by molar-refractivity contribution is -0.110. The molecule has 6 nitrogen and oxygen atoms in total. The van der Waals surface area contributed by atoms with Gasteiger partial charge in [-0.2, -0.15) is 0 Å². The lowest BCUT2D eigenvalue weighted by atomic mass is 9.79. The number of aryl methyl sites for hydroxylation is 1. The van der Waals surface area contributed by atoms with Crippen molar-refractivity contribution in [2.45, 2.75) is 106 Å². The molecule has 3 rings (SSSR count). The van der Waals surface area contributed by atoms with E-state index in [1.807, 2.05) is 26.8 Å². The van der Waals surface area contributed by atoms with Gasteiger partial charge in [0.25, 0.3) is 0 Å². The third-order valence-corrected chi connectivity index (χ3v) is 7.48. The van der Waals surface area contributed by atoms with Gasteiger partial charge < -0.3 is 25.5 Å². The van der Waals surface area contributed by atoms with Crippen LogP contribution in [-0.4, -0.2) is 57.7 Å². The van der Waals surface area contributed by atoms with Crippen molar-refractivity contribution in [3.8, 4) is 11.1 Å². The number of amides is 1. The van der Waals surface area contributed by atoms with Gasteiger partial charge in [0.1, 0.15) is 0 Å². The van der Waals surface area contributed by atoms with Gasteiger partial charge in [0.05, 0.1) is 18.8 Å². The molecule has 0 saturated carbocycles. The lowest BCUT2D eigenvalue weighted by Gasteiger charge is -2.33. The molecule has 1 saturated heterocycles. The third kappa shape index (κ3) is 14.8. The van der Waals surface area contributed by atoms with E-state index in [9.17, 15) is 4.79 Å². The number of rotatable bonds is 10. The highest BCUT2D eigenvalue weighted by Crippen LogP contribution is 2.28. The second kappa shape index (κ2) is 22.1. The van der Waals surface area contributed by atoms with Crippen LogP contribution in [0.3, 0.4) is 0 Å². The number of hydrogen-bond donors (Lipinski definition) is 3. The minimum atomic E-state index is 0.0548. The summed E-state index contributed by atoms with van der Waals surface area (Å²) in [5.74, 6) is 0. The predicted octanol–water partition coefficient (Wildman–Crippen LogP) is 7.60. The van der Waals surface area contributed by atoms with Crippen molar-refractivity contribution in [3.63, 3.8) is 0 Å². The Morgan fingerprint density at radius 2 is 1.68 bits per heavy atom. The van der Waals surface area contributed by atoms with E-state index in [0.29, 0.717) is 12.7 Å². The summed E-state index contributed by atoms with van der Waals surface area (Å²) in [7, 11) is 1.71. The zero-order chi connectivity index (χ0) is 31.3. The number of hydrogen-bond acceptors (Lipinski definition) is 5. The molecule has 232 valence electrons. The summed E-state index contributed by atoms with van der Waals surface area (Å²) in [6.45, 7) is 21.5. The molecule has 1 amide bonds. The highest BCUT2D eigenvalue weighted by Gasteiger charge is 2.27. The highest BCUT2D eigenvalue weighted by atomic mass is 16.5. The minimum absolute atomic E-state index is 0.0548. The van der Waals surface area contributed by atoms with Gasteiger partial charge in [0.15, 0.2) is 0 Å². The molecule has 3 unspecified atom stereocenters. The van der Waals surface area contributed by atoms with Gasteiger partial charge in [-0.1, -0.05) is 104 Å². The largest absolute Gasteiger partial charge is 0.378 e. The molecule has 0 aliphatic carbocycles. The fourth-order valence-corrected chi connectivity index (χ4v) is 3.96. The molecule has 2 aromatic carbocycles. The van der Waals surface area contributed by atoms with Crippen LogP contribution >= 0.6 is 0 Å². The van der Waals surface area contributed by atoms with E-state index in [0.717, 1.165) is 54.6 Å². The average molecular weight is 570 g/mol. The van der Waals surface area contributed by atoms with Crippen LogP contribution in [-0.2, 0) is 20.7 Å². The summed E-state index contributed by atoms with van der Waals surface area (Å²) in [6.07, 6.45) is 7.22. The highest BCUT2D eigenvalue weighted by molar-refractivity contribution is 5.81. The number of carbonyl (C=O) groups is 1. The van der Waals surface area contributed by atoms with E-state index < -0.39 is 0 Å². The lowest BCUT2D eigenvalue weighted by Crippen LogP contribution is -2.42. The fourth-order valence-electron chi connectivity index (χ4n) is 3.96. The minimum Gasteiger partial charge on any atom is -0.378 e. The summed E-state index contributed by atoms with van der Waals surface area (Å²) in [5, 5.41) is 13.6. The smallest absolute Gasteiger partial charge is 0.207 e. The number of carbonyl (C=O) groups excluding carboxylic acids is 1. The Morgan fingerprint density at radius 3 is 2.17 bits per heavy atom. The van der Waals surface area contributed by atoms with Crippen LogP contribution in [0.1, 0.15) is 91.3 Å². The Balaban J connectivity index is 0.000000822. The molecular formula is C35H59N3O3. The van der Waals surface area contributed by atoms with Crippen molar-refractivity contribution in [1.29, 1.82) is 5.41 Å². The van der Waals surface area contributed by atoms with Gasteiger partial charge in [-0.05, 0) is 59.9 Å². The monoisotopic (exact) mass is 569 g/mol. The fraction of sp³-hybridized carbons (Fsp3) is 0.600. The van der Waals surface area contributed by atoms with Crippen molar-refractivity contribution < 1.29 is 14.3 Å². The maximum Gasteiger partial charge on any atom is 0.207 e. The first kappa shape index (κ1) is 38.5. The Morgan fingerprint density at radius 1 is 1.07 bits per heavy atom. The molecule has 1 aliphatic rings. The number of methoxy groups -OCH3 is 1. The number of unbranched alkanes of at least 4 members (excludes halogenated alkanes) is 1. The van der Waals surface area contributed by atoms with Crippen molar-refractivity contribution >= 4 is 12.6 Å². The molecule has 0 aromatic heterocycles. The number of benzene rings is 2. The molecule has 41 heavy (non-hydrogen) atoms. The van der Waals surface area contributed by atoms with Crippen LogP contribution in [0.5, 0.6) is 0 Å². The molecule has 1 fully saturated rings. The van der Waals surface area contributed by atoms with Crippen LogP contribution in [0.25, 0.3) is 11.1 Å². The van der Waals surface area contributed by atoms with Crippen molar-refractivity contribution in [1.82, 2.24) is 10.6 Å². The number of nitrogens with one attached hydrogen (secondary N) is 3. The van der Waals surface area contributed by atoms with Crippen LogP contribution in [0, 0.1) is 17.7 Å². The van der Waals surface area contributed by atoms with E-state index in [1.165, 1.54) is 24.6 Å². The SMILES string of the molecule is CC.CCC(C)(C)C(Cc1ccc(-c2ccc(C=N)c(C)c2)cc1)NC=O.CCCC.COC1CNCC(C)OC1. The molecule has 3 atom stereocenters. The summed E-state index contributed by atoms with van der Waals surface area (Å²) < 4.78 is 10.6. The Labute approximate surface area is 251 Å². The topological polar surface area (TPSA) is 83.4 Å². The van der Waals surface area contributed by atoms with Crippen molar-refractivity contribution in [3.05, 3.63) is 59.2 Å². The molecule has 2 aromatic rings. The van der Waals surface area contributed by atoms with Crippen molar-refractivity contribution in [2.24, 2.45) is 5.41 Å². The first-order chi connectivity index (χ1) is 19.6. The van der Waals surface area contributed by atoms with Gasteiger partial charge in [-0.15, -0.1) is 0 Å². The first-order valence-electron chi connectivity index (χ1n) is 15.4. The third-order valence-electron chi connectivity index (χ3n) is 7.48. The molecule has 1 aliphatic heterocycles. The zero-order valence-electron chi connectivity index (χ0n) is 27.6. The van der Waals surface area contributed by atoms with E-state index in [2.05, 4.69) is 88.6 Å². The predicted molar refractivity (Wildman–Crippen MR) is 176 cm³/mol. The summed E-state index contributed by atoms with van der Waals surface area (Å²) in [6, 6.07) is 14.8. The van der Waals surface area contributed by atoms with E-state index in [1.54, 1.807) is 7.11 Å². The van der Waals surface area contributed by atoms with Gasteiger partial charge >= 0.3 is 0 Å². The average Bonchev–Trinajstić information content (AvgIpc) is 3.22. The molecule has 3 N–H and O–H groups in total.